The van der Waals surface area contributed by atoms with Crippen molar-refractivity contribution in [3.8, 4) is 0 Å². The zero-order chi connectivity index (χ0) is 15.5. The third kappa shape index (κ3) is 4.27. The van der Waals surface area contributed by atoms with E-state index in [2.05, 4.69) is 42.3 Å². The van der Waals surface area contributed by atoms with Crippen molar-refractivity contribution in [2.75, 3.05) is 11.9 Å². The van der Waals surface area contributed by atoms with E-state index in [4.69, 9.17) is 10.9 Å². The number of aryl methyl sites for hydroxylation is 1. The van der Waals surface area contributed by atoms with Crippen LogP contribution in [0.1, 0.15) is 5.56 Å². The standard InChI is InChI=1S/C11H12Br2F3N3O/c1-5-2-7(12)9(8(13)3-5)18-4-6(10(17)19-20)11(14,15)16/h2-3,6,18,20H,4H2,1H3,(H2,17,19). The second-order valence-corrected chi connectivity index (χ2v) is 5.81. The van der Waals surface area contributed by atoms with Crippen LogP contribution in [0.15, 0.2) is 26.2 Å². The number of nitrogens with two attached hydrogens (primary N) is 1. The zero-order valence-electron chi connectivity index (χ0n) is 10.3. The van der Waals surface area contributed by atoms with E-state index < -0.39 is 24.5 Å². The highest BCUT2D eigenvalue weighted by Crippen LogP contribution is 2.34. The predicted octanol–water partition coefficient (Wildman–Crippen LogP) is 3.86. The van der Waals surface area contributed by atoms with Crippen LogP contribution < -0.4 is 11.1 Å². The molecule has 4 nitrogen and oxygen atoms in total. The Morgan fingerprint density at radius 2 is 1.90 bits per heavy atom. The number of amidine groups is 1. The second kappa shape index (κ2) is 6.66. The summed E-state index contributed by atoms with van der Waals surface area (Å²) in [5, 5.41) is 13.5. The van der Waals surface area contributed by atoms with Crippen LogP contribution in [0.3, 0.4) is 0 Å². The van der Waals surface area contributed by atoms with Crippen molar-refractivity contribution in [2.45, 2.75) is 13.1 Å². The van der Waals surface area contributed by atoms with Crippen molar-refractivity contribution < 1.29 is 18.4 Å². The summed E-state index contributed by atoms with van der Waals surface area (Å²) in [6.07, 6.45) is -4.60. The number of rotatable bonds is 4. The molecule has 0 amide bonds. The van der Waals surface area contributed by atoms with Crippen molar-refractivity contribution in [1.29, 1.82) is 0 Å². The fraction of sp³-hybridized carbons (Fsp3) is 0.364. The third-order valence-corrected chi connectivity index (χ3v) is 3.79. The first-order chi connectivity index (χ1) is 9.16. The predicted molar refractivity (Wildman–Crippen MR) is 78.0 cm³/mol. The van der Waals surface area contributed by atoms with Gasteiger partial charge >= 0.3 is 6.18 Å². The molecule has 1 aromatic carbocycles. The molecule has 0 aliphatic rings. The molecule has 1 atom stereocenters. The van der Waals surface area contributed by atoms with Crippen LogP contribution in [-0.2, 0) is 0 Å². The highest BCUT2D eigenvalue weighted by molar-refractivity contribution is 9.11. The van der Waals surface area contributed by atoms with Gasteiger partial charge in [0.1, 0.15) is 5.92 Å². The highest BCUT2D eigenvalue weighted by Gasteiger charge is 2.42. The molecular formula is C11H12Br2F3N3O. The maximum Gasteiger partial charge on any atom is 0.400 e. The van der Waals surface area contributed by atoms with E-state index in [1.807, 2.05) is 6.92 Å². The average Bonchev–Trinajstić information content (AvgIpc) is 2.30. The molecule has 112 valence electrons. The smallest absolute Gasteiger partial charge is 0.400 e. The molecule has 0 saturated carbocycles. The Labute approximate surface area is 130 Å². The number of oxime groups is 1. The number of nitrogens with one attached hydrogen (secondary N) is 1. The molecule has 0 aromatic heterocycles. The quantitative estimate of drug-likeness (QED) is 0.301. The van der Waals surface area contributed by atoms with Crippen molar-refractivity contribution in [1.82, 2.24) is 0 Å². The van der Waals surface area contributed by atoms with Gasteiger partial charge in [-0.05, 0) is 56.5 Å². The lowest BCUT2D eigenvalue weighted by molar-refractivity contribution is -0.152. The Morgan fingerprint density at radius 1 is 1.40 bits per heavy atom. The monoisotopic (exact) mass is 417 g/mol. The molecule has 4 N–H and O–H groups in total. The van der Waals surface area contributed by atoms with Crippen LogP contribution in [0, 0.1) is 12.8 Å². The molecule has 0 aliphatic heterocycles. The first-order valence-corrected chi connectivity index (χ1v) is 6.99. The molecule has 0 fully saturated rings. The summed E-state index contributed by atoms with van der Waals surface area (Å²) in [5.41, 5.74) is 6.50. The molecule has 1 aromatic rings. The molecule has 9 heteroatoms. The normalized spacial score (nSPS) is 14.2. The average molecular weight is 419 g/mol. The number of alkyl halides is 3. The molecule has 0 aliphatic carbocycles. The van der Waals surface area contributed by atoms with Gasteiger partial charge in [0.25, 0.3) is 0 Å². The minimum Gasteiger partial charge on any atom is -0.409 e. The Morgan fingerprint density at radius 3 is 2.30 bits per heavy atom. The lowest BCUT2D eigenvalue weighted by Gasteiger charge is -2.21. The second-order valence-electron chi connectivity index (χ2n) is 4.10. The largest absolute Gasteiger partial charge is 0.409 e. The number of benzene rings is 1. The van der Waals surface area contributed by atoms with Gasteiger partial charge in [-0.15, -0.1) is 0 Å². The molecule has 0 radical (unpaired) electrons. The zero-order valence-corrected chi connectivity index (χ0v) is 13.5. The fourth-order valence-electron chi connectivity index (χ4n) is 1.53. The topological polar surface area (TPSA) is 70.6 Å². The first kappa shape index (κ1) is 17.1. The molecule has 20 heavy (non-hydrogen) atoms. The Bertz CT molecular complexity index is 497. The molecule has 0 bridgehead atoms. The van der Waals surface area contributed by atoms with Gasteiger partial charge in [0.15, 0.2) is 5.84 Å². The summed E-state index contributed by atoms with van der Waals surface area (Å²) in [6, 6.07) is 3.53. The summed E-state index contributed by atoms with van der Waals surface area (Å²) in [5.74, 6) is -2.96. The first-order valence-electron chi connectivity index (χ1n) is 5.40. The van der Waals surface area contributed by atoms with Gasteiger partial charge in [-0.3, -0.25) is 0 Å². The van der Waals surface area contributed by atoms with Crippen molar-refractivity contribution in [3.05, 3.63) is 26.6 Å². The Kier molecular flexibility index (Phi) is 5.69. The molecule has 0 heterocycles. The minimum atomic E-state index is -4.60. The lowest BCUT2D eigenvalue weighted by Crippen LogP contribution is -2.40. The van der Waals surface area contributed by atoms with E-state index in [1.165, 1.54) is 0 Å². The van der Waals surface area contributed by atoms with E-state index in [1.54, 1.807) is 12.1 Å². The summed E-state index contributed by atoms with van der Waals surface area (Å²) in [6.45, 7) is 1.31. The van der Waals surface area contributed by atoms with E-state index in [0.717, 1.165) is 5.56 Å². The van der Waals surface area contributed by atoms with Crippen LogP contribution in [0.5, 0.6) is 0 Å². The summed E-state index contributed by atoms with van der Waals surface area (Å²) >= 11 is 6.54. The van der Waals surface area contributed by atoms with Crippen molar-refractivity contribution in [3.63, 3.8) is 0 Å². The fourth-order valence-corrected chi connectivity index (χ4v) is 3.23. The number of halogens is 5. The number of anilines is 1. The van der Waals surface area contributed by atoms with Crippen LogP contribution in [0.25, 0.3) is 0 Å². The molecule has 0 saturated heterocycles. The number of nitrogens with zero attached hydrogens (tertiary/aromatic N) is 1. The van der Waals surface area contributed by atoms with Gasteiger partial charge < -0.3 is 16.3 Å². The Hall–Kier alpha value is -0.960. The van der Waals surface area contributed by atoms with Crippen LogP contribution in [0.2, 0.25) is 0 Å². The van der Waals surface area contributed by atoms with E-state index >= 15 is 0 Å². The number of hydrogen-bond donors (Lipinski definition) is 3. The van der Waals surface area contributed by atoms with Gasteiger partial charge in [-0.2, -0.15) is 13.2 Å². The maximum absolute atomic E-state index is 12.8. The van der Waals surface area contributed by atoms with Gasteiger partial charge in [0.2, 0.25) is 0 Å². The van der Waals surface area contributed by atoms with Crippen LogP contribution in [-0.4, -0.2) is 23.8 Å². The van der Waals surface area contributed by atoms with Crippen LogP contribution >= 0.6 is 31.9 Å². The summed E-state index contributed by atoms with van der Waals surface area (Å²) < 4.78 is 39.6. The van der Waals surface area contributed by atoms with Gasteiger partial charge in [0, 0.05) is 15.5 Å². The summed E-state index contributed by atoms with van der Waals surface area (Å²) in [4.78, 5) is 0. The third-order valence-electron chi connectivity index (χ3n) is 2.54. The van der Waals surface area contributed by atoms with E-state index in [0.29, 0.717) is 14.6 Å². The molecule has 1 unspecified atom stereocenters. The van der Waals surface area contributed by atoms with E-state index in [-0.39, 0.29) is 0 Å². The number of hydrogen-bond acceptors (Lipinski definition) is 3. The van der Waals surface area contributed by atoms with Crippen molar-refractivity contribution >= 4 is 43.4 Å². The maximum atomic E-state index is 12.8. The molecule has 0 spiro atoms. The lowest BCUT2D eigenvalue weighted by atomic mass is 10.1. The van der Waals surface area contributed by atoms with Crippen molar-refractivity contribution in [2.24, 2.45) is 16.8 Å². The molecular weight excluding hydrogens is 407 g/mol. The summed E-state index contributed by atoms with van der Waals surface area (Å²) in [7, 11) is 0. The Balaban J connectivity index is 2.95. The molecule has 1 rings (SSSR count). The van der Waals surface area contributed by atoms with Gasteiger partial charge in [-0.1, -0.05) is 5.16 Å². The van der Waals surface area contributed by atoms with Crippen LogP contribution in [0.4, 0.5) is 18.9 Å². The minimum absolute atomic E-state index is 0.468. The van der Waals surface area contributed by atoms with Gasteiger partial charge in [0.05, 0.1) is 5.69 Å². The highest BCUT2D eigenvalue weighted by atomic mass is 79.9. The SMILES string of the molecule is Cc1cc(Br)c(NCC(/C(N)=N/O)C(F)(F)F)c(Br)c1. The van der Waals surface area contributed by atoms with Gasteiger partial charge in [-0.25, -0.2) is 0 Å². The van der Waals surface area contributed by atoms with E-state index in [9.17, 15) is 13.2 Å².